The van der Waals surface area contributed by atoms with Crippen LogP contribution in [0.1, 0.15) is 128 Å². The summed E-state index contributed by atoms with van der Waals surface area (Å²) in [6.07, 6.45) is 27.1. The average molecular weight is 399 g/mol. The van der Waals surface area contributed by atoms with Gasteiger partial charge in [-0.3, -0.25) is 4.39 Å². The first kappa shape index (κ1) is 25.6. The summed E-state index contributed by atoms with van der Waals surface area (Å²) in [6.45, 7) is 0.497. The summed E-state index contributed by atoms with van der Waals surface area (Å²) in [5.74, 6) is -0.352. The molecule has 166 valence electrons. The van der Waals surface area contributed by atoms with Gasteiger partial charge in [0, 0.05) is 12.5 Å². The monoisotopic (exact) mass is 398 g/mol. The van der Waals surface area contributed by atoms with Crippen molar-refractivity contribution >= 4 is 6.29 Å². The highest BCUT2D eigenvalue weighted by Gasteiger charge is 2.12. The molecule has 0 amide bonds. The van der Waals surface area contributed by atoms with E-state index >= 15 is 0 Å². The number of halogens is 1. The van der Waals surface area contributed by atoms with Gasteiger partial charge in [0.05, 0.1) is 12.8 Å². The molecular weight excluding hydrogens is 351 g/mol. The first-order chi connectivity index (χ1) is 13.9. The Hall–Kier alpha value is -0.440. The fourth-order valence-electron chi connectivity index (χ4n) is 4.29. The van der Waals surface area contributed by atoms with Crippen LogP contribution in [0.5, 0.6) is 0 Å². The van der Waals surface area contributed by atoms with E-state index in [-0.39, 0.29) is 5.92 Å². The Morgan fingerprint density at radius 1 is 0.714 bits per heavy atom. The second kappa shape index (κ2) is 19.9. The SMILES string of the molecule is O=CC(CF)CCCCCCCCCCCCCCCCOC1CCCCC1. The molecule has 1 aliphatic carbocycles. The number of rotatable bonds is 20. The minimum absolute atomic E-state index is 0.352. The summed E-state index contributed by atoms with van der Waals surface area (Å²) in [6, 6.07) is 0. The standard InChI is InChI=1S/C25H47FO2/c26-22-24(23-27)18-14-11-9-7-5-3-1-2-4-6-8-10-12-17-21-28-25-19-15-13-16-20-25/h23-25H,1-22H2. The van der Waals surface area contributed by atoms with Gasteiger partial charge in [-0.25, -0.2) is 0 Å². The summed E-state index contributed by atoms with van der Waals surface area (Å²) in [5.41, 5.74) is 0. The molecule has 0 spiro atoms. The molecule has 28 heavy (non-hydrogen) atoms. The number of alkyl halides is 1. The topological polar surface area (TPSA) is 26.3 Å². The predicted octanol–water partition coefficient (Wildman–Crippen LogP) is 7.97. The second-order valence-corrected chi connectivity index (χ2v) is 8.92. The molecule has 1 unspecified atom stereocenters. The summed E-state index contributed by atoms with van der Waals surface area (Å²) in [7, 11) is 0. The Morgan fingerprint density at radius 3 is 1.64 bits per heavy atom. The van der Waals surface area contributed by atoms with Crippen molar-refractivity contribution in [3.8, 4) is 0 Å². The average Bonchev–Trinajstić information content (AvgIpc) is 2.74. The second-order valence-electron chi connectivity index (χ2n) is 8.92. The van der Waals surface area contributed by atoms with Crippen LogP contribution in [-0.2, 0) is 9.53 Å². The predicted molar refractivity (Wildman–Crippen MR) is 118 cm³/mol. The van der Waals surface area contributed by atoms with Gasteiger partial charge in [0.1, 0.15) is 6.29 Å². The Morgan fingerprint density at radius 2 is 1.18 bits per heavy atom. The maximum atomic E-state index is 12.4. The number of hydrogen-bond acceptors (Lipinski definition) is 2. The number of ether oxygens (including phenoxy) is 1. The molecular formula is C25H47FO2. The smallest absolute Gasteiger partial charge is 0.125 e. The van der Waals surface area contributed by atoms with E-state index in [1.54, 1.807) is 0 Å². The lowest BCUT2D eigenvalue weighted by molar-refractivity contribution is -0.111. The van der Waals surface area contributed by atoms with E-state index in [0.29, 0.717) is 6.10 Å². The zero-order valence-electron chi connectivity index (χ0n) is 18.5. The molecule has 1 fully saturated rings. The Kier molecular flexibility index (Phi) is 18.2. The third-order valence-corrected chi connectivity index (χ3v) is 6.27. The lowest BCUT2D eigenvalue weighted by atomic mass is 9.98. The molecule has 1 saturated carbocycles. The van der Waals surface area contributed by atoms with Crippen LogP contribution < -0.4 is 0 Å². The van der Waals surface area contributed by atoms with E-state index in [2.05, 4.69) is 0 Å². The summed E-state index contributed by atoms with van der Waals surface area (Å²) in [5, 5.41) is 0. The first-order valence-electron chi connectivity index (χ1n) is 12.5. The first-order valence-corrected chi connectivity index (χ1v) is 12.5. The van der Waals surface area contributed by atoms with E-state index < -0.39 is 6.67 Å². The molecule has 3 heteroatoms. The molecule has 0 bridgehead atoms. The van der Waals surface area contributed by atoms with E-state index in [1.807, 2.05) is 0 Å². The molecule has 0 radical (unpaired) electrons. The largest absolute Gasteiger partial charge is 0.378 e. The van der Waals surface area contributed by atoms with Gasteiger partial charge in [0.25, 0.3) is 0 Å². The maximum absolute atomic E-state index is 12.4. The van der Waals surface area contributed by atoms with E-state index in [4.69, 9.17) is 4.74 Å². The third kappa shape index (κ3) is 15.5. The van der Waals surface area contributed by atoms with Crippen molar-refractivity contribution in [2.24, 2.45) is 5.92 Å². The number of carbonyl (C=O) groups excluding carboxylic acids is 1. The molecule has 0 aliphatic heterocycles. The van der Waals surface area contributed by atoms with Crippen LogP contribution in [0.2, 0.25) is 0 Å². The molecule has 0 aromatic heterocycles. The van der Waals surface area contributed by atoms with Gasteiger partial charge in [-0.1, -0.05) is 103 Å². The highest BCUT2D eigenvalue weighted by molar-refractivity contribution is 5.53. The highest BCUT2D eigenvalue weighted by atomic mass is 19.1. The molecule has 0 heterocycles. The van der Waals surface area contributed by atoms with Crippen LogP contribution in [0.15, 0.2) is 0 Å². The molecule has 1 atom stereocenters. The van der Waals surface area contributed by atoms with Crippen LogP contribution in [0, 0.1) is 5.92 Å². The van der Waals surface area contributed by atoms with Crippen molar-refractivity contribution in [1.29, 1.82) is 0 Å². The molecule has 0 saturated heterocycles. The van der Waals surface area contributed by atoms with Gasteiger partial charge < -0.3 is 9.53 Å². The Labute approximate surface area is 174 Å². The van der Waals surface area contributed by atoms with Crippen molar-refractivity contribution in [2.45, 2.75) is 135 Å². The van der Waals surface area contributed by atoms with Gasteiger partial charge in [0.2, 0.25) is 0 Å². The zero-order valence-corrected chi connectivity index (χ0v) is 18.5. The third-order valence-electron chi connectivity index (χ3n) is 6.27. The maximum Gasteiger partial charge on any atom is 0.125 e. The van der Waals surface area contributed by atoms with Gasteiger partial charge in [-0.15, -0.1) is 0 Å². The van der Waals surface area contributed by atoms with E-state index in [9.17, 15) is 9.18 Å². The van der Waals surface area contributed by atoms with Gasteiger partial charge in [0.15, 0.2) is 0 Å². The van der Waals surface area contributed by atoms with Gasteiger partial charge in [-0.05, 0) is 25.7 Å². The van der Waals surface area contributed by atoms with Crippen molar-refractivity contribution in [1.82, 2.24) is 0 Å². The summed E-state index contributed by atoms with van der Waals surface area (Å²) < 4.78 is 18.4. The van der Waals surface area contributed by atoms with E-state index in [0.717, 1.165) is 32.2 Å². The molecule has 2 nitrogen and oxygen atoms in total. The molecule has 1 rings (SSSR count). The fraction of sp³-hybridized carbons (Fsp3) is 0.960. The number of carbonyl (C=O) groups is 1. The summed E-state index contributed by atoms with van der Waals surface area (Å²) in [4.78, 5) is 10.5. The Balaban J connectivity index is 1.68. The lowest BCUT2D eigenvalue weighted by Crippen LogP contribution is -2.17. The minimum atomic E-state index is -0.488. The van der Waals surface area contributed by atoms with E-state index in [1.165, 1.54) is 109 Å². The molecule has 0 N–H and O–H groups in total. The number of hydrogen-bond donors (Lipinski definition) is 0. The van der Waals surface area contributed by atoms with Crippen LogP contribution in [-0.4, -0.2) is 25.7 Å². The zero-order chi connectivity index (χ0) is 20.1. The van der Waals surface area contributed by atoms with Crippen molar-refractivity contribution in [3.63, 3.8) is 0 Å². The van der Waals surface area contributed by atoms with Gasteiger partial charge >= 0.3 is 0 Å². The molecule has 0 aromatic rings. The lowest BCUT2D eigenvalue weighted by Gasteiger charge is -2.21. The summed E-state index contributed by atoms with van der Waals surface area (Å²) >= 11 is 0. The van der Waals surface area contributed by atoms with Crippen LogP contribution in [0.4, 0.5) is 4.39 Å². The van der Waals surface area contributed by atoms with Crippen LogP contribution in [0.25, 0.3) is 0 Å². The van der Waals surface area contributed by atoms with Crippen LogP contribution in [0.3, 0.4) is 0 Å². The Bertz CT molecular complexity index is 329. The van der Waals surface area contributed by atoms with Crippen molar-refractivity contribution in [3.05, 3.63) is 0 Å². The quantitative estimate of drug-likeness (QED) is 0.153. The number of unbranched alkanes of at least 4 members (excludes halogenated alkanes) is 13. The van der Waals surface area contributed by atoms with Gasteiger partial charge in [-0.2, -0.15) is 0 Å². The fourth-order valence-corrected chi connectivity index (χ4v) is 4.29. The molecule has 0 aromatic carbocycles. The minimum Gasteiger partial charge on any atom is -0.378 e. The number of aldehydes is 1. The van der Waals surface area contributed by atoms with Crippen LogP contribution >= 0.6 is 0 Å². The molecule has 1 aliphatic rings. The van der Waals surface area contributed by atoms with Crippen molar-refractivity contribution < 1.29 is 13.9 Å². The normalized spacial score (nSPS) is 16.3. The highest BCUT2D eigenvalue weighted by Crippen LogP contribution is 2.20. The van der Waals surface area contributed by atoms with Crippen molar-refractivity contribution in [2.75, 3.05) is 13.3 Å².